The quantitative estimate of drug-likeness (QED) is 0.418. The molecule has 5 rings (SSSR count). The number of aryl methyl sites for hydroxylation is 2. The number of fused-ring (bicyclic) bond motifs is 1. The fourth-order valence-electron chi connectivity index (χ4n) is 3.51. The van der Waals surface area contributed by atoms with Crippen LogP contribution in [0.5, 0.6) is 0 Å². The third-order valence-electron chi connectivity index (χ3n) is 4.74. The van der Waals surface area contributed by atoms with Gasteiger partial charge >= 0.3 is 0 Å². The standard InChI is InChI=1S/C21H19N5OS2/c1-13-8-14(2)10-16(9-13)19-23-25-21(27-19)29-12-17-11-28-20-24-22-18(26(17)20)15-6-4-3-5-7-15/h3-10,17H,11-12H2,1-2H3/t17-/m1/s1. The summed E-state index contributed by atoms with van der Waals surface area (Å²) in [5.41, 5.74) is 4.41. The molecule has 1 aliphatic rings. The van der Waals surface area contributed by atoms with Crippen LogP contribution < -0.4 is 0 Å². The molecule has 0 unspecified atom stereocenters. The second-order valence-corrected chi connectivity index (χ2v) is 9.03. The maximum atomic E-state index is 5.92. The van der Waals surface area contributed by atoms with Gasteiger partial charge < -0.3 is 4.42 Å². The molecule has 0 bridgehead atoms. The van der Waals surface area contributed by atoms with E-state index < -0.39 is 0 Å². The van der Waals surface area contributed by atoms with Crippen molar-refractivity contribution in [2.24, 2.45) is 0 Å². The van der Waals surface area contributed by atoms with Gasteiger partial charge in [0.25, 0.3) is 5.22 Å². The molecule has 146 valence electrons. The number of rotatable bonds is 5. The molecule has 4 aromatic rings. The summed E-state index contributed by atoms with van der Waals surface area (Å²) in [4.78, 5) is 0. The van der Waals surface area contributed by atoms with E-state index in [0.717, 1.165) is 33.6 Å². The summed E-state index contributed by atoms with van der Waals surface area (Å²) in [6, 6.07) is 16.7. The zero-order valence-corrected chi connectivity index (χ0v) is 17.7. The summed E-state index contributed by atoms with van der Waals surface area (Å²) in [5, 5.41) is 18.8. The van der Waals surface area contributed by atoms with Crippen molar-refractivity contribution in [3.63, 3.8) is 0 Å². The van der Waals surface area contributed by atoms with E-state index in [0.29, 0.717) is 11.1 Å². The van der Waals surface area contributed by atoms with E-state index in [-0.39, 0.29) is 6.04 Å². The third-order valence-corrected chi connectivity index (χ3v) is 6.79. The highest BCUT2D eigenvalue weighted by Crippen LogP contribution is 2.39. The molecule has 1 atom stereocenters. The van der Waals surface area contributed by atoms with Gasteiger partial charge in [0, 0.05) is 22.6 Å². The first kappa shape index (κ1) is 18.4. The normalized spacial score (nSPS) is 15.6. The molecule has 2 aromatic carbocycles. The maximum Gasteiger partial charge on any atom is 0.276 e. The topological polar surface area (TPSA) is 69.6 Å². The first-order chi connectivity index (χ1) is 14.2. The van der Waals surface area contributed by atoms with Gasteiger partial charge in [-0.2, -0.15) is 0 Å². The molecule has 6 nitrogen and oxygen atoms in total. The molecule has 0 amide bonds. The number of aromatic nitrogens is 5. The zero-order chi connectivity index (χ0) is 19.8. The molecular formula is C21H19N5OS2. The van der Waals surface area contributed by atoms with Crippen LogP contribution in [0.1, 0.15) is 17.2 Å². The van der Waals surface area contributed by atoms with Gasteiger partial charge in [-0.15, -0.1) is 20.4 Å². The van der Waals surface area contributed by atoms with Gasteiger partial charge in [-0.3, -0.25) is 4.57 Å². The van der Waals surface area contributed by atoms with Gasteiger partial charge in [-0.1, -0.05) is 71.0 Å². The molecule has 3 heterocycles. The molecule has 0 saturated carbocycles. The van der Waals surface area contributed by atoms with E-state index in [4.69, 9.17) is 4.42 Å². The molecule has 29 heavy (non-hydrogen) atoms. The van der Waals surface area contributed by atoms with Gasteiger partial charge in [-0.25, -0.2) is 0 Å². The zero-order valence-electron chi connectivity index (χ0n) is 16.1. The molecule has 0 fully saturated rings. The average molecular weight is 422 g/mol. The Hall–Kier alpha value is -2.58. The summed E-state index contributed by atoms with van der Waals surface area (Å²) in [7, 11) is 0. The van der Waals surface area contributed by atoms with Gasteiger partial charge in [0.15, 0.2) is 11.0 Å². The SMILES string of the molecule is Cc1cc(C)cc(-c2nnc(SC[C@H]3CSc4nnc(-c5ccccc5)n43)o2)c1. The van der Waals surface area contributed by atoms with E-state index >= 15 is 0 Å². The van der Waals surface area contributed by atoms with Gasteiger partial charge in [0.05, 0.1) is 6.04 Å². The molecule has 8 heteroatoms. The lowest BCUT2D eigenvalue weighted by Gasteiger charge is -2.13. The highest BCUT2D eigenvalue weighted by atomic mass is 32.2. The Labute approximate surface area is 177 Å². The van der Waals surface area contributed by atoms with Crippen molar-refractivity contribution < 1.29 is 4.42 Å². The predicted molar refractivity (Wildman–Crippen MR) is 115 cm³/mol. The molecule has 0 spiro atoms. The van der Waals surface area contributed by atoms with Crippen molar-refractivity contribution in [3.05, 3.63) is 59.7 Å². The number of thioether (sulfide) groups is 2. The first-order valence-corrected chi connectivity index (χ1v) is 11.3. The Bertz CT molecular complexity index is 1130. The van der Waals surface area contributed by atoms with Crippen LogP contribution in [-0.4, -0.2) is 36.5 Å². The molecular weight excluding hydrogens is 402 g/mol. The minimum absolute atomic E-state index is 0.279. The predicted octanol–water partition coefficient (Wildman–Crippen LogP) is 5.05. The summed E-state index contributed by atoms with van der Waals surface area (Å²) in [6.07, 6.45) is 0. The lowest BCUT2D eigenvalue weighted by Crippen LogP contribution is -2.11. The average Bonchev–Trinajstić information content (AvgIpc) is 3.43. The van der Waals surface area contributed by atoms with E-state index in [1.165, 1.54) is 11.1 Å². The maximum absolute atomic E-state index is 5.92. The highest BCUT2D eigenvalue weighted by Gasteiger charge is 2.29. The Morgan fingerprint density at radius 1 is 1.00 bits per heavy atom. The molecule has 2 aromatic heterocycles. The third kappa shape index (κ3) is 3.70. The molecule has 0 saturated heterocycles. The molecule has 0 N–H and O–H groups in total. The monoisotopic (exact) mass is 421 g/mol. The van der Waals surface area contributed by atoms with Crippen molar-refractivity contribution in [2.45, 2.75) is 30.3 Å². The molecule has 0 aliphatic carbocycles. The van der Waals surface area contributed by atoms with Crippen molar-refractivity contribution in [2.75, 3.05) is 11.5 Å². The first-order valence-electron chi connectivity index (χ1n) is 9.35. The Kier molecular flexibility index (Phi) is 4.89. The van der Waals surface area contributed by atoms with Crippen molar-refractivity contribution in [1.29, 1.82) is 0 Å². The van der Waals surface area contributed by atoms with Crippen LogP contribution in [0.25, 0.3) is 22.8 Å². The van der Waals surface area contributed by atoms with Crippen molar-refractivity contribution in [1.82, 2.24) is 25.0 Å². The van der Waals surface area contributed by atoms with E-state index in [9.17, 15) is 0 Å². The number of benzene rings is 2. The van der Waals surface area contributed by atoms with Gasteiger partial charge in [0.2, 0.25) is 5.89 Å². The number of nitrogens with zero attached hydrogens (tertiary/aromatic N) is 5. The molecule has 1 aliphatic heterocycles. The summed E-state index contributed by atoms with van der Waals surface area (Å²) in [5.74, 6) is 3.27. The second-order valence-electron chi connectivity index (χ2n) is 7.07. The number of hydrogen-bond acceptors (Lipinski definition) is 7. The van der Waals surface area contributed by atoms with E-state index in [2.05, 4.69) is 69.1 Å². The van der Waals surface area contributed by atoms with Crippen LogP contribution in [0.15, 0.2) is 63.3 Å². The minimum atomic E-state index is 0.279. The fraction of sp³-hybridized carbons (Fsp3) is 0.238. The van der Waals surface area contributed by atoms with E-state index in [1.54, 1.807) is 23.5 Å². The largest absolute Gasteiger partial charge is 0.411 e. The lowest BCUT2D eigenvalue weighted by atomic mass is 10.1. The van der Waals surface area contributed by atoms with E-state index in [1.807, 2.05) is 18.2 Å². The van der Waals surface area contributed by atoms with Crippen LogP contribution >= 0.6 is 23.5 Å². The Morgan fingerprint density at radius 3 is 2.59 bits per heavy atom. The van der Waals surface area contributed by atoms with Crippen LogP contribution in [0.3, 0.4) is 0 Å². The summed E-state index contributed by atoms with van der Waals surface area (Å²) in [6.45, 7) is 4.14. The van der Waals surface area contributed by atoms with Crippen LogP contribution in [-0.2, 0) is 0 Å². The lowest BCUT2D eigenvalue weighted by molar-refractivity contribution is 0.464. The fourth-order valence-corrected chi connectivity index (χ4v) is 5.58. The van der Waals surface area contributed by atoms with Crippen LogP contribution in [0.4, 0.5) is 0 Å². The highest BCUT2D eigenvalue weighted by molar-refractivity contribution is 8.00. The van der Waals surface area contributed by atoms with Gasteiger partial charge in [-0.05, 0) is 26.0 Å². The van der Waals surface area contributed by atoms with Crippen LogP contribution in [0.2, 0.25) is 0 Å². The number of hydrogen-bond donors (Lipinski definition) is 0. The summed E-state index contributed by atoms with van der Waals surface area (Å²) < 4.78 is 8.15. The smallest absolute Gasteiger partial charge is 0.276 e. The summed E-state index contributed by atoms with van der Waals surface area (Å²) >= 11 is 3.32. The Morgan fingerprint density at radius 2 is 1.79 bits per heavy atom. The Balaban J connectivity index is 1.33. The molecule has 0 radical (unpaired) electrons. The van der Waals surface area contributed by atoms with Crippen molar-refractivity contribution >= 4 is 23.5 Å². The second kappa shape index (κ2) is 7.68. The van der Waals surface area contributed by atoms with Gasteiger partial charge in [0.1, 0.15) is 0 Å². The minimum Gasteiger partial charge on any atom is -0.411 e. The van der Waals surface area contributed by atoms with Crippen LogP contribution in [0, 0.1) is 13.8 Å². The van der Waals surface area contributed by atoms with Crippen molar-refractivity contribution in [3.8, 4) is 22.8 Å².